The SMILES string of the molecule is CCNCC1(CN2CC(C)CC(C)C2C)CCC(C)CC1. The van der Waals surface area contributed by atoms with Crippen molar-refractivity contribution in [2.24, 2.45) is 23.2 Å². The van der Waals surface area contributed by atoms with Crippen LogP contribution in [0.25, 0.3) is 0 Å². The zero-order valence-electron chi connectivity index (χ0n) is 15.1. The van der Waals surface area contributed by atoms with E-state index in [4.69, 9.17) is 0 Å². The number of nitrogens with zero attached hydrogens (tertiary/aromatic N) is 1. The molecule has 2 rings (SSSR count). The van der Waals surface area contributed by atoms with Gasteiger partial charge in [0.1, 0.15) is 0 Å². The Morgan fingerprint density at radius 1 is 1.05 bits per heavy atom. The van der Waals surface area contributed by atoms with Crippen molar-refractivity contribution in [3.63, 3.8) is 0 Å². The fourth-order valence-electron chi connectivity index (χ4n) is 4.63. The number of hydrogen-bond donors (Lipinski definition) is 1. The van der Waals surface area contributed by atoms with E-state index in [1.165, 1.54) is 51.7 Å². The maximum Gasteiger partial charge on any atom is 0.00930 e. The van der Waals surface area contributed by atoms with Crippen LogP contribution in [0.3, 0.4) is 0 Å². The van der Waals surface area contributed by atoms with Crippen molar-refractivity contribution in [3.8, 4) is 0 Å². The highest BCUT2D eigenvalue weighted by Crippen LogP contribution is 2.41. The average molecular weight is 295 g/mol. The lowest BCUT2D eigenvalue weighted by Gasteiger charge is -2.48. The van der Waals surface area contributed by atoms with Crippen LogP contribution in [0, 0.1) is 23.2 Å². The summed E-state index contributed by atoms with van der Waals surface area (Å²) >= 11 is 0. The second-order valence-corrected chi connectivity index (χ2v) is 8.45. The van der Waals surface area contributed by atoms with Crippen molar-refractivity contribution in [1.29, 1.82) is 0 Å². The first-order valence-corrected chi connectivity index (χ1v) is 9.40. The summed E-state index contributed by atoms with van der Waals surface area (Å²) < 4.78 is 0. The third-order valence-corrected chi connectivity index (χ3v) is 6.34. The molecule has 0 aromatic rings. The van der Waals surface area contributed by atoms with Gasteiger partial charge in [-0.25, -0.2) is 0 Å². The predicted octanol–water partition coefficient (Wildman–Crippen LogP) is 4.16. The van der Waals surface area contributed by atoms with Crippen molar-refractivity contribution in [3.05, 3.63) is 0 Å². The predicted molar refractivity (Wildman–Crippen MR) is 92.6 cm³/mol. The Hall–Kier alpha value is -0.0800. The quantitative estimate of drug-likeness (QED) is 0.819. The van der Waals surface area contributed by atoms with Gasteiger partial charge >= 0.3 is 0 Å². The summed E-state index contributed by atoms with van der Waals surface area (Å²) in [7, 11) is 0. The van der Waals surface area contributed by atoms with Gasteiger partial charge in [0.25, 0.3) is 0 Å². The highest BCUT2D eigenvalue weighted by atomic mass is 15.2. The molecule has 1 saturated carbocycles. The normalized spacial score (nSPS) is 42.1. The molecule has 3 atom stereocenters. The first-order valence-electron chi connectivity index (χ1n) is 9.40. The molecule has 1 N–H and O–H groups in total. The van der Waals surface area contributed by atoms with Crippen molar-refractivity contribution in [1.82, 2.24) is 10.2 Å². The zero-order valence-corrected chi connectivity index (χ0v) is 15.1. The minimum atomic E-state index is 0.535. The maximum absolute atomic E-state index is 3.67. The molecule has 0 radical (unpaired) electrons. The lowest BCUT2D eigenvalue weighted by atomic mass is 9.69. The van der Waals surface area contributed by atoms with Crippen LogP contribution in [0.5, 0.6) is 0 Å². The van der Waals surface area contributed by atoms with Gasteiger partial charge in [0.05, 0.1) is 0 Å². The Bertz CT molecular complexity index is 301. The Kier molecular flexibility index (Phi) is 6.14. The molecule has 0 bridgehead atoms. The summed E-state index contributed by atoms with van der Waals surface area (Å²) in [6, 6.07) is 0.763. The first kappa shape index (κ1) is 17.3. The van der Waals surface area contributed by atoms with E-state index in [2.05, 4.69) is 44.8 Å². The van der Waals surface area contributed by atoms with Crippen LogP contribution in [0.2, 0.25) is 0 Å². The standard InChI is InChI=1S/C19H38N2/c1-6-20-13-19(9-7-15(2)8-10-19)14-21-12-16(3)11-17(4)18(21)5/h15-18,20H,6-14H2,1-5H3. The maximum atomic E-state index is 3.67. The lowest BCUT2D eigenvalue weighted by molar-refractivity contribution is 0.0154. The second kappa shape index (κ2) is 7.46. The summed E-state index contributed by atoms with van der Waals surface area (Å²) in [5.74, 6) is 2.67. The topological polar surface area (TPSA) is 15.3 Å². The molecule has 2 fully saturated rings. The Morgan fingerprint density at radius 2 is 1.71 bits per heavy atom. The molecule has 0 aromatic carbocycles. The van der Waals surface area contributed by atoms with Crippen LogP contribution >= 0.6 is 0 Å². The van der Waals surface area contributed by atoms with Gasteiger partial charge in [0, 0.05) is 25.7 Å². The minimum absolute atomic E-state index is 0.535. The van der Waals surface area contributed by atoms with E-state index in [0.717, 1.165) is 30.3 Å². The molecular weight excluding hydrogens is 256 g/mol. The van der Waals surface area contributed by atoms with Crippen LogP contribution in [-0.2, 0) is 0 Å². The van der Waals surface area contributed by atoms with E-state index in [9.17, 15) is 0 Å². The molecule has 0 spiro atoms. The molecule has 1 aliphatic heterocycles. The Balaban J connectivity index is 2.03. The lowest BCUT2D eigenvalue weighted by Crippen LogP contribution is -2.53. The highest BCUT2D eigenvalue weighted by molar-refractivity contribution is 4.92. The van der Waals surface area contributed by atoms with E-state index in [1.807, 2.05) is 0 Å². The van der Waals surface area contributed by atoms with Crippen LogP contribution in [0.4, 0.5) is 0 Å². The fourth-order valence-corrected chi connectivity index (χ4v) is 4.63. The van der Waals surface area contributed by atoms with Gasteiger partial charge in [-0.2, -0.15) is 0 Å². The summed E-state index contributed by atoms with van der Waals surface area (Å²) in [4.78, 5) is 2.83. The fraction of sp³-hybridized carbons (Fsp3) is 1.00. The van der Waals surface area contributed by atoms with E-state index in [-0.39, 0.29) is 0 Å². The van der Waals surface area contributed by atoms with Crippen LogP contribution in [0.15, 0.2) is 0 Å². The average Bonchev–Trinajstić information content (AvgIpc) is 2.45. The highest BCUT2D eigenvalue weighted by Gasteiger charge is 2.38. The van der Waals surface area contributed by atoms with Gasteiger partial charge in [-0.1, -0.05) is 40.5 Å². The van der Waals surface area contributed by atoms with E-state index >= 15 is 0 Å². The minimum Gasteiger partial charge on any atom is -0.316 e. The second-order valence-electron chi connectivity index (χ2n) is 8.45. The molecular formula is C19H38N2. The van der Waals surface area contributed by atoms with Gasteiger partial charge in [0.2, 0.25) is 0 Å². The number of piperidine rings is 1. The Morgan fingerprint density at radius 3 is 2.33 bits per heavy atom. The van der Waals surface area contributed by atoms with E-state index in [1.54, 1.807) is 0 Å². The zero-order chi connectivity index (χ0) is 15.5. The number of nitrogens with one attached hydrogen (secondary N) is 1. The van der Waals surface area contributed by atoms with Gasteiger partial charge < -0.3 is 5.32 Å². The molecule has 2 nitrogen and oxygen atoms in total. The van der Waals surface area contributed by atoms with Crippen molar-refractivity contribution < 1.29 is 0 Å². The van der Waals surface area contributed by atoms with Gasteiger partial charge in [-0.15, -0.1) is 0 Å². The van der Waals surface area contributed by atoms with Gasteiger partial charge in [-0.3, -0.25) is 4.90 Å². The molecule has 2 heteroatoms. The van der Waals surface area contributed by atoms with Crippen molar-refractivity contribution in [2.45, 2.75) is 72.8 Å². The molecule has 2 aliphatic rings. The number of likely N-dealkylation sites (tertiary alicyclic amines) is 1. The van der Waals surface area contributed by atoms with Gasteiger partial charge in [0.15, 0.2) is 0 Å². The van der Waals surface area contributed by atoms with Gasteiger partial charge in [-0.05, 0) is 55.9 Å². The molecule has 1 aliphatic carbocycles. The van der Waals surface area contributed by atoms with E-state index in [0.29, 0.717) is 5.41 Å². The molecule has 0 aromatic heterocycles. The summed E-state index contributed by atoms with van der Waals surface area (Å²) in [5, 5.41) is 3.67. The summed E-state index contributed by atoms with van der Waals surface area (Å²) in [5.41, 5.74) is 0.535. The Labute approximate surface area is 133 Å². The third kappa shape index (κ3) is 4.45. The number of rotatable bonds is 5. The third-order valence-electron chi connectivity index (χ3n) is 6.34. The molecule has 1 heterocycles. The van der Waals surface area contributed by atoms with Crippen LogP contribution in [-0.4, -0.2) is 37.1 Å². The summed E-state index contributed by atoms with van der Waals surface area (Å²) in [6.45, 7) is 17.0. The molecule has 3 unspecified atom stereocenters. The largest absolute Gasteiger partial charge is 0.316 e. The van der Waals surface area contributed by atoms with E-state index < -0.39 is 0 Å². The van der Waals surface area contributed by atoms with Crippen LogP contribution < -0.4 is 5.32 Å². The number of hydrogen-bond acceptors (Lipinski definition) is 2. The first-order chi connectivity index (χ1) is 9.96. The molecule has 21 heavy (non-hydrogen) atoms. The van der Waals surface area contributed by atoms with Crippen molar-refractivity contribution in [2.75, 3.05) is 26.2 Å². The monoisotopic (exact) mass is 294 g/mol. The molecule has 124 valence electrons. The smallest absolute Gasteiger partial charge is 0.00930 e. The molecule has 1 saturated heterocycles. The van der Waals surface area contributed by atoms with Crippen molar-refractivity contribution >= 4 is 0 Å². The summed E-state index contributed by atoms with van der Waals surface area (Å²) in [6.07, 6.45) is 7.12. The molecule has 0 amide bonds. The van der Waals surface area contributed by atoms with Crippen LogP contribution in [0.1, 0.15) is 66.7 Å².